The van der Waals surface area contributed by atoms with E-state index in [1.54, 1.807) is 6.92 Å². The van der Waals surface area contributed by atoms with E-state index in [0.29, 0.717) is 24.7 Å². The fourth-order valence-electron chi connectivity index (χ4n) is 1.56. The summed E-state index contributed by atoms with van der Waals surface area (Å²) in [6.07, 6.45) is 2.61. The molecular weight excluding hydrogens is 347 g/mol. The van der Waals surface area contributed by atoms with Crippen LogP contribution in [0, 0.1) is 0 Å². The van der Waals surface area contributed by atoms with Crippen LogP contribution in [0.3, 0.4) is 0 Å². The van der Waals surface area contributed by atoms with Gasteiger partial charge in [0.25, 0.3) is 0 Å². The molecule has 0 aromatic carbocycles. The van der Waals surface area contributed by atoms with Crippen LogP contribution in [-0.2, 0) is 23.1 Å². The summed E-state index contributed by atoms with van der Waals surface area (Å²) >= 11 is 0. The second-order valence-electron chi connectivity index (χ2n) is 4.86. The number of hydrogen-bond donors (Lipinski definition) is 2. The maximum Gasteiger partial charge on any atom is 0.333 e. The van der Waals surface area contributed by atoms with E-state index in [1.165, 1.54) is 14.2 Å². The fraction of sp³-hybridized carbons (Fsp3) is 0.750. The molecule has 9 heteroatoms. The first kappa shape index (κ1) is 25.9. The van der Waals surface area contributed by atoms with Crippen LogP contribution < -0.4 is 10.6 Å². The molecule has 152 valence electrons. The summed E-state index contributed by atoms with van der Waals surface area (Å²) < 4.78 is 26.3. The molecule has 0 rings (SSSR count). The molecule has 0 aromatic heterocycles. The van der Waals surface area contributed by atoms with Gasteiger partial charge in [-0.15, -0.1) is 0 Å². The second-order valence-corrected chi connectivity index (χ2v) is 7.26. The predicted molar refractivity (Wildman–Crippen MR) is 103 cm³/mol. The van der Waals surface area contributed by atoms with Gasteiger partial charge in [0.15, 0.2) is 0 Å². The van der Waals surface area contributed by atoms with Gasteiger partial charge in [0.05, 0.1) is 12.7 Å². The van der Waals surface area contributed by atoms with Gasteiger partial charge in [0.1, 0.15) is 6.61 Å². The number of unbranched alkanes of at least 4 members (excludes halogenated alkanes) is 2. The number of amides is 2. The van der Waals surface area contributed by atoms with Crippen molar-refractivity contribution < 1.29 is 30.8 Å². The topological polar surface area (TPSA) is 103 Å². The molecule has 0 spiro atoms. The van der Waals surface area contributed by atoms with Crippen molar-refractivity contribution in [2.75, 3.05) is 40.1 Å². The number of carbonyl (C=O) groups is 2. The molecule has 0 bridgehead atoms. The monoisotopic (exact) mass is 384 g/mol. The van der Waals surface area contributed by atoms with Crippen molar-refractivity contribution in [2.45, 2.75) is 40.0 Å². The Bertz CT molecular complexity index is 445. The maximum absolute atomic E-state index is 11.8. The largest absolute Gasteiger partial charge is 0.460 e. The molecule has 0 saturated heterocycles. The van der Waals surface area contributed by atoms with Crippen LogP contribution in [0.25, 0.3) is 0 Å². The highest BCUT2D eigenvalue weighted by Crippen LogP contribution is 2.46. The first-order valence-corrected chi connectivity index (χ1v) is 10.1. The SMILES string of the molecule is C=C(C)C(=O)OCCNC(=O)NCCCCCP(=O)(OC)OC.CC.[HH].[HH]. The normalized spacial score (nSPS) is 10.3. The Labute approximate surface area is 154 Å². The number of hydrogen-bond acceptors (Lipinski definition) is 6. The Morgan fingerprint density at radius 1 is 1.04 bits per heavy atom. The van der Waals surface area contributed by atoms with Crippen molar-refractivity contribution in [1.29, 1.82) is 0 Å². The Kier molecular flexibility index (Phi) is 16.7. The average Bonchev–Trinajstić information content (AvgIpc) is 2.62. The van der Waals surface area contributed by atoms with E-state index < -0.39 is 13.6 Å². The molecule has 0 radical (unpaired) electrons. The quantitative estimate of drug-likeness (QED) is 0.231. The van der Waals surface area contributed by atoms with Crippen molar-refractivity contribution in [3.05, 3.63) is 12.2 Å². The van der Waals surface area contributed by atoms with E-state index in [2.05, 4.69) is 17.2 Å². The Morgan fingerprint density at radius 2 is 1.60 bits per heavy atom. The van der Waals surface area contributed by atoms with Crippen molar-refractivity contribution in [3.63, 3.8) is 0 Å². The van der Waals surface area contributed by atoms with Gasteiger partial charge in [-0.1, -0.05) is 26.8 Å². The van der Waals surface area contributed by atoms with Crippen molar-refractivity contribution in [1.82, 2.24) is 10.6 Å². The molecule has 0 unspecified atom stereocenters. The van der Waals surface area contributed by atoms with Gasteiger partial charge in [-0.25, -0.2) is 9.59 Å². The molecule has 0 saturated carbocycles. The molecule has 0 atom stereocenters. The Hall–Kier alpha value is -1.37. The zero-order valence-corrected chi connectivity index (χ0v) is 16.9. The minimum Gasteiger partial charge on any atom is -0.460 e. The molecule has 25 heavy (non-hydrogen) atoms. The van der Waals surface area contributed by atoms with Crippen LogP contribution in [0.2, 0.25) is 0 Å². The lowest BCUT2D eigenvalue weighted by Gasteiger charge is -2.13. The van der Waals surface area contributed by atoms with E-state index in [1.807, 2.05) is 13.8 Å². The van der Waals surface area contributed by atoms with Gasteiger partial charge in [-0.05, 0) is 19.8 Å². The van der Waals surface area contributed by atoms with Crippen molar-refractivity contribution in [3.8, 4) is 0 Å². The highest BCUT2D eigenvalue weighted by Gasteiger charge is 2.19. The molecule has 0 aromatic rings. The second kappa shape index (κ2) is 16.1. The van der Waals surface area contributed by atoms with Crippen LogP contribution in [0.1, 0.15) is 42.9 Å². The van der Waals surface area contributed by atoms with E-state index >= 15 is 0 Å². The molecule has 2 N–H and O–H groups in total. The van der Waals surface area contributed by atoms with Gasteiger partial charge in [-0.3, -0.25) is 4.57 Å². The Balaban J connectivity index is -0.000000637. The number of rotatable bonds is 12. The molecule has 0 aliphatic heterocycles. The minimum absolute atomic E-state index is 0. The van der Waals surface area contributed by atoms with Crippen LogP contribution in [0.5, 0.6) is 0 Å². The van der Waals surface area contributed by atoms with E-state index in [9.17, 15) is 14.2 Å². The number of urea groups is 1. The summed E-state index contributed by atoms with van der Waals surface area (Å²) in [5.41, 5.74) is 0.320. The standard InChI is InChI=1S/C14H27N2O6P.C2H6.2H2/c1-12(2)13(17)22-10-9-16-14(18)15-8-6-5-7-11-23(19,20-3)21-4;1-2;;/h1,5-11H2,2-4H3,(H2,15,16,18);1-2H3;2*1H. The maximum atomic E-state index is 11.8. The van der Waals surface area contributed by atoms with Crippen molar-refractivity contribution in [2.24, 2.45) is 0 Å². The zero-order chi connectivity index (χ0) is 19.7. The van der Waals surface area contributed by atoms with Crippen LogP contribution in [-0.4, -0.2) is 52.1 Å². The van der Waals surface area contributed by atoms with E-state index in [0.717, 1.165) is 12.8 Å². The lowest BCUT2D eigenvalue weighted by Crippen LogP contribution is -2.38. The van der Waals surface area contributed by atoms with Gasteiger partial charge < -0.3 is 24.4 Å². The van der Waals surface area contributed by atoms with E-state index in [-0.39, 0.29) is 22.0 Å². The summed E-state index contributed by atoms with van der Waals surface area (Å²) in [7, 11) is -0.200. The molecule has 2 amide bonds. The van der Waals surface area contributed by atoms with Gasteiger partial charge in [-0.2, -0.15) is 0 Å². The molecular formula is C16H37N2O6P. The summed E-state index contributed by atoms with van der Waals surface area (Å²) in [5.74, 6) is -0.475. The van der Waals surface area contributed by atoms with Gasteiger partial charge >= 0.3 is 19.6 Å². The number of esters is 1. The molecule has 0 aliphatic carbocycles. The third-order valence-electron chi connectivity index (χ3n) is 2.92. The highest BCUT2D eigenvalue weighted by atomic mass is 31.2. The molecule has 0 aliphatic rings. The molecule has 0 fully saturated rings. The first-order chi connectivity index (χ1) is 11.8. The van der Waals surface area contributed by atoms with E-state index in [4.69, 9.17) is 13.8 Å². The Morgan fingerprint density at radius 3 is 2.12 bits per heavy atom. The summed E-state index contributed by atoms with van der Waals surface area (Å²) in [6, 6.07) is -0.323. The van der Waals surface area contributed by atoms with Crippen LogP contribution in [0.15, 0.2) is 12.2 Å². The van der Waals surface area contributed by atoms with Gasteiger partial charge in [0, 0.05) is 29.2 Å². The van der Waals surface area contributed by atoms with Crippen LogP contribution in [0.4, 0.5) is 4.79 Å². The van der Waals surface area contributed by atoms with Gasteiger partial charge in [0.2, 0.25) is 0 Å². The first-order valence-electron chi connectivity index (χ1n) is 8.39. The van der Waals surface area contributed by atoms with Crippen molar-refractivity contribution >= 4 is 19.6 Å². The average molecular weight is 384 g/mol. The zero-order valence-electron chi connectivity index (χ0n) is 16.1. The fourth-order valence-corrected chi connectivity index (χ4v) is 2.69. The lowest BCUT2D eigenvalue weighted by molar-refractivity contribution is -0.138. The number of carbonyl (C=O) groups excluding carboxylic acids is 2. The highest BCUT2D eigenvalue weighted by molar-refractivity contribution is 7.53. The summed E-state index contributed by atoms with van der Waals surface area (Å²) in [5, 5.41) is 5.25. The minimum atomic E-state index is -2.93. The molecule has 0 heterocycles. The number of nitrogens with one attached hydrogen (secondary N) is 2. The third kappa shape index (κ3) is 14.7. The predicted octanol–water partition coefficient (Wildman–Crippen LogP) is 3.58. The lowest BCUT2D eigenvalue weighted by atomic mass is 10.2. The molecule has 8 nitrogen and oxygen atoms in total. The summed E-state index contributed by atoms with van der Waals surface area (Å²) in [4.78, 5) is 22.5. The summed E-state index contributed by atoms with van der Waals surface area (Å²) in [6.45, 7) is 9.84. The third-order valence-corrected chi connectivity index (χ3v) is 4.90. The van der Waals surface area contributed by atoms with Crippen LogP contribution >= 0.6 is 7.60 Å². The smallest absolute Gasteiger partial charge is 0.333 e. The number of ether oxygens (including phenoxy) is 1.